The molecule has 298 valence electrons. The molecule has 0 aromatic heterocycles. The molecule has 0 saturated heterocycles. The van der Waals surface area contributed by atoms with Crippen LogP contribution >= 0.6 is 0 Å². The Balaban J connectivity index is 1.40. The summed E-state index contributed by atoms with van der Waals surface area (Å²) in [5, 5.41) is 45.0. The Bertz CT molecular complexity index is 1890. The van der Waals surface area contributed by atoms with Crippen molar-refractivity contribution in [1.82, 2.24) is 0 Å². The van der Waals surface area contributed by atoms with Crippen LogP contribution in [0.2, 0.25) is 0 Å². The van der Waals surface area contributed by atoms with Crippen LogP contribution in [0.3, 0.4) is 0 Å². The molecular formula is C42H58N6O7. The van der Waals surface area contributed by atoms with Gasteiger partial charge in [-0.25, -0.2) is 0 Å². The molecule has 0 bridgehead atoms. The number of aliphatic hydroxyl groups excluding tert-OH is 2. The molecule has 1 aromatic carbocycles. The zero-order chi connectivity index (χ0) is 40.6. The number of amides is 2. The van der Waals surface area contributed by atoms with Gasteiger partial charge in [0.2, 0.25) is 0 Å². The van der Waals surface area contributed by atoms with Crippen molar-refractivity contribution in [2.24, 2.45) is 79.3 Å². The fraction of sp³-hybridized carbons (Fsp3) is 0.595. The number of aliphatic carboxylic acids is 1. The lowest BCUT2D eigenvalue weighted by atomic mass is 9.42. The van der Waals surface area contributed by atoms with E-state index in [-0.39, 0.29) is 75.8 Å². The molecular weight excluding hydrogens is 700 g/mol. The number of benzene rings is 1. The maximum atomic E-state index is 12.6. The standard InChI is InChI=1S/C42H58N6O7/c1-22(6-11-34(51)52)29-9-10-30-35-31(20-33(50)41(29,30)5)40(4)14-15-42(55,21-28(40)19-32(35)49)13-12-25-7-8-26(16-23(2)36(53)47-38(43)44)27(18-25)17-24(3)37(54)48-39(45)46/h7-8,16-18,22,28-33,35,49-50,55H,6,9-11,14-15,19-21H2,1-5H3,(H,51,52)(H4,43,44,47,53)(H4,45,46,48,54)/t22?,28?,29?,30?,31?,32-,33+,35?,40+,41-,42-/m1/s1. The predicted molar refractivity (Wildman–Crippen MR) is 211 cm³/mol. The van der Waals surface area contributed by atoms with Crippen LogP contribution in [0.5, 0.6) is 0 Å². The Hall–Kier alpha value is -4.51. The second-order valence-electron chi connectivity index (χ2n) is 17.2. The maximum Gasteiger partial charge on any atom is 0.303 e. The van der Waals surface area contributed by atoms with Crippen LogP contribution in [0.15, 0.2) is 39.3 Å². The van der Waals surface area contributed by atoms with Crippen molar-refractivity contribution in [3.8, 4) is 11.8 Å². The normalized spacial score (nSPS) is 34.8. The lowest BCUT2D eigenvalue weighted by molar-refractivity contribution is -0.211. The van der Waals surface area contributed by atoms with Crippen LogP contribution in [-0.4, -0.2) is 67.9 Å². The van der Waals surface area contributed by atoms with Gasteiger partial charge in [-0.15, -0.1) is 0 Å². The van der Waals surface area contributed by atoms with Gasteiger partial charge in [-0.05, 0) is 147 Å². The molecule has 13 heteroatoms. The number of guanidine groups is 2. The average molecular weight is 759 g/mol. The summed E-state index contributed by atoms with van der Waals surface area (Å²) < 4.78 is 0. The third kappa shape index (κ3) is 8.52. The van der Waals surface area contributed by atoms with Gasteiger partial charge in [-0.2, -0.15) is 9.98 Å². The number of aliphatic imine (C=N–C) groups is 2. The Kier molecular flexibility index (Phi) is 12.1. The predicted octanol–water partition coefficient (Wildman–Crippen LogP) is 3.28. The van der Waals surface area contributed by atoms with E-state index in [0.717, 1.165) is 12.8 Å². The van der Waals surface area contributed by atoms with Crippen molar-refractivity contribution in [3.05, 3.63) is 46.0 Å². The van der Waals surface area contributed by atoms with Gasteiger partial charge >= 0.3 is 5.97 Å². The van der Waals surface area contributed by atoms with E-state index in [2.05, 4.69) is 42.6 Å². The van der Waals surface area contributed by atoms with Crippen molar-refractivity contribution in [2.45, 2.75) is 110 Å². The van der Waals surface area contributed by atoms with Gasteiger partial charge in [-0.1, -0.05) is 38.7 Å². The fourth-order valence-corrected chi connectivity index (χ4v) is 10.9. The van der Waals surface area contributed by atoms with E-state index < -0.39 is 35.6 Å². The lowest BCUT2D eigenvalue weighted by Crippen LogP contribution is -2.63. The fourth-order valence-electron chi connectivity index (χ4n) is 10.9. The molecule has 13 nitrogen and oxygen atoms in total. The summed E-state index contributed by atoms with van der Waals surface area (Å²) in [6.07, 6.45) is 7.17. The molecule has 4 saturated carbocycles. The van der Waals surface area contributed by atoms with Crippen molar-refractivity contribution < 1.29 is 34.8 Å². The van der Waals surface area contributed by atoms with Gasteiger partial charge in [0, 0.05) is 23.1 Å². The van der Waals surface area contributed by atoms with E-state index >= 15 is 0 Å². The zero-order valence-corrected chi connectivity index (χ0v) is 32.6. The number of nitrogens with two attached hydrogens (primary N) is 4. The SMILES string of the molecule is CC(=Cc1ccc(C#C[C@@]2(O)CC[C@@]3(C)C(C[C@@H](O)C4C3C[C@H](O)[C@]3(C)C(C(C)CCC(=O)O)CCC43)C2)cc1C=C(C)C(=O)N=C(N)N)C(=O)N=C(N)N. The monoisotopic (exact) mass is 758 g/mol. The number of nitrogens with zero attached hydrogens (tertiary/aromatic N) is 2. The van der Waals surface area contributed by atoms with Crippen molar-refractivity contribution >= 4 is 41.9 Å². The Labute approximate surface area is 323 Å². The van der Waals surface area contributed by atoms with Gasteiger partial charge in [0.05, 0.1) is 12.2 Å². The molecule has 6 unspecified atom stereocenters. The van der Waals surface area contributed by atoms with Crippen LogP contribution in [0.1, 0.15) is 109 Å². The molecule has 0 spiro atoms. The average Bonchev–Trinajstić information content (AvgIpc) is 3.46. The molecule has 5 rings (SSSR count). The van der Waals surface area contributed by atoms with Gasteiger partial charge < -0.3 is 43.4 Å². The first kappa shape index (κ1) is 41.6. The Morgan fingerprint density at radius 3 is 2.15 bits per heavy atom. The summed E-state index contributed by atoms with van der Waals surface area (Å²) in [5.74, 6) is 4.08. The Morgan fingerprint density at radius 1 is 0.927 bits per heavy atom. The molecule has 0 heterocycles. The zero-order valence-electron chi connectivity index (χ0n) is 32.6. The van der Waals surface area contributed by atoms with Crippen LogP contribution in [-0.2, 0) is 14.4 Å². The number of carbonyl (C=O) groups is 3. The second-order valence-corrected chi connectivity index (χ2v) is 17.2. The number of fused-ring (bicyclic) bond motifs is 5. The minimum Gasteiger partial charge on any atom is -0.481 e. The third-order valence-corrected chi connectivity index (χ3v) is 13.8. The van der Waals surface area contributed by atoms with Crippen LogP contribution < -0.4 is 22.9 Å². The number of carbonyl (C=O) groups excluding carboxylic acids is 2. The van der Waals surface area contributed by atoms with Crippen LogP contribution in [0.25, 0.3) is 12.2 Å². The number of carboxylic acid groups (broad SMARTS) is 1. The summed E-state index contributed by atoms with van der Waals surface area (Å²) in [7, 11) is 0. The van der Waals surface area contributed by atoms with Crippen molar-refractivity contribution in [1.29, 1.82) is 0 Å². The number of hydrogen-bond donors (Lipinski definition) is 8. The molecule has 4 aliphatic rings. The third-order valence-electron chi connectivity index (χ3n) is 13.8. The Morgan fingerprint density at radius 2 is 1.55 bits per heavy atom. The topological polar surface area (TPSA) is 261 Å². The molecule has 55 heavy (non-hydrogen) atoms. The molecule has 1 aromatic rings. The summed E-state index contributed by atoms with van der Waals surface area (Å²) in [5.41, 5.74) is 21.8. The highest BCUT2D eigenvalue weighted by Gasteiger charge is 2.66. The van der Waals surface area contributed by atoms with Crippen molar-refractivity contribution in [2.75, 3.05) is 0 Å². The van der Waals surface area contributed by atoms with Gasteiger partial charge in [0.1, 0.15) is 5.60 Å². The van der Waals surface area contributed by atoms with Gasteiger partial charge in [0.15, 0.2) is 11.9 Å². The lowest BCUT2D eigenvalue weighted by Gasteiger charge is -2.64. The highest BCUT2D eigenvalue weighted by atomic mass is 16.4. The molecule has 2 amide bonds. The summed E-state index contributed by atoms with van der Waals surface area (Å²) in [4.78, 5) is 43.6. The number of hydrogen-bond acceptors (Lipinski definition) is 6. The van der Waals surface area contributed by atoms with Crippen LogP contribution in [0.4, 0.5) is 0 Å². The van der Waals surface area contributed by atoms with E-state index in [4.69, 9.17) is 22.9 Å². The van der Waals surface area contributed by atoms with Crippen LogP contribution in [0, 0.1) is 58.2 Å². The van der Waals surface area contributed by atoms with E-state index in [0.29, 0.717) is 55.2 Å². The van der Waals surface area contributed by atoms with E-state index in [9.17, 15) is 34.8 Å². The smallest absolute Gasteiger partial charge is 0.303 e. The van der Waals surface area contributed by atoms with Crippen molar-refractivity contribution in [3.63, 3.8) is 0 Å². The summed E-state index contributed by atoms with van der Waals surface area (Å²) >= 11 is 0. The highest BCUT2D eigenvalue weighted by molar-refractivity contribution is 6.05. The summed E-state index contributed by atoms with van der Waals surface area (Å²) in [6.45, 7) is 9.67. The quantitative estimate of drug-likeness (QED) is 0.0826. The molecule has 0 radical (unpaired) electrons. The molecule has 4 aliphatic carbocycles. The number of rotatable bonds is 8. The highest BCUT2D eigenvalue weighted by Crippen LogP contribution is 2.69. The molecule has 11 atom stereocenters. The number of aliphatic hydroxyl groups is 3. The first-order chi connectivity index (χ1) is 25.7. The molecule has 4 fully saturated rings. The van der Waals surface area contributed by atoms with E-state index in [1.165, 1.54) is 0 Å². The van der Waals surface area contributed by atoms with Gasteiger partial charge in [0.25, 0.3) is 11.8 Å². The largest absolute Gasteiger partial charge is 0.481 e. The first-order valence-corrected chi connectivity index (χ1v) is 19.3. The summed E-state index contributed by atoms with van der Waals surface area (Å²) in [6, 6.07) is 5.24. The molecule has 0 aliphatic heterocycles. The van der Waals surface area contributed by atoms with E-state index in [1.54, 1.807) is 44.2 Å². The second kappa shape index (κ2) is 15.9. The maximum absolute atomic E-state index is 12.6. The van der Waals surface area contributed by atoms with Gasteiger partial charge in [-0.3, -0.25) is 14.4 Å². The van der Waals surface area contributed by atoms with E-state index in [1.807, 2.05) is 0 Å². The minimum atomic E-state index is -1.31. The molecule has 12 N–H and O–H groups in total. The first-order valence-electron chi connectivity index (χ1n) is 19.3. The minimum absolute atomic E-state index is 0.0130. The number of carboxylic acids is 1.